The number of nitrogens with zero attached hydrogens (tertiary/aromatic N) is 4. The van der Waals surface area contributed by atoms with Crippen LogP contribution in [0.2, 0.25) is 0 Å². The smallest absolute Gasteiger partial charge is 0.257 e. The molecule has 1 saturated heterocycles. The molecule has 1 aromatic carbocycles. The highest BCUT2D eigenvalue weighted by Crippen LogP contribution is 2.24. The molecule has 0 N–H and O–H groups in total. The zero-order valence-corrected chi connectivity index (χ0v) is 15.7. The Balaban J connectivity index is 1.93. The third-order valence-corrected chi connectivity index (χ3v) is 4.87. The van der Waals surface area contributed by atoms with Gasteiger partial charge in [0.15, 0.2) is 0 Å². The van der Waals surface area contributed by atoms with Crippen LogP contribution in [0.4, 0.5) is 0 Å². The van der Waals surface area contributed by atoms with E-state index < -0.39 is 0 Å². The van der Waals surface area contributed by atoms with Crippen molar-refractivity contribution in [2.75, 3.05) is 33.2 Å². The molecule has 1 aliphatic heterocycles. The van der Waals surface area contributed by atoms with Gasteiger partial charge in [-0.25, -0.2) is 4.68 Å². The van der Waals surface area contributed by atoms with E-state index in [2.05, 4.69) is 62.1 Å². The van der Waals surface area contributed by atoms with Gasteiger partial charge in [-0.3, -0.25) is 4.79 Å². The molecule has 1 amide bonds. The maximum atomic E-state index is 13.1. The Morgan fingerprint density at radius 2 is 1.80 bits per heavy atom. The molecule has 25 heavy (non-hydrogen) atoms. The molecule has 0 saturated carbocycles. The summed E-state index contributed by atoms with van der Waals surface area (Å²) >= 11 is 0. The number of likely N-dealkylation sites (N-methyl/N-ethyl adjacent to an activating group) is 1. The number of carbonyl (C=O) groups excluding carboxylic acids is 1. The third-order valence-electron chi connectivity index (χ3n) is 4.87. The molecule has 0 atom stereocenters. The minimum absolute atomic E-state index is 0.109. The molecule has 1 aliphatic rings. The van der Waals surface area contributed by atoms with Crippen LogP contribution in [0.1, 0.15) is 47.8 Å². The first-order valence-electron chi connectivity index (χ1n) is 9.10. The normalized spacial score (nSPS) is 16.3. The number of amides is 1. The molecule has 1 fully saturated rings. The van der Waals surface area contributed by atoms with Gasteiger partial charge in [-0.05, 0) is 45.0 Å². The van der Waals surface area contributed by atoms with Crippen LogP contribution in [0.3, 0.4) is 0 Å². The maximum absolute atomic E-state index is 13.1. The van der Waals surface area contributed by atoms with Crippen molar-refractivity contribution in [3.8, 4) is 5.69 Å². The summed E-state index contributed by atoms with van der Waals surface area (Å²) in [5.74, 6) is 0.328. The zero-order valence-electron chi connectivity index (χ0n) is 15.7. The van der Waals surface area contributed by atoms with Crippen molar-refractivity contribution >= 4 is 5.91 Å². The molecule has 0 aliphatic carbocycles. The molecule has 5 nitrogen and oxygen atoms in total. The highest BCUT2D eigenvalue weighted by Gasteiger charge is 2.26. The van der Waals surface area contributed by atoms with E-state index in [1.807, 2.05) is 9.58 Å². The number of rotatable bonds is 3. The third kappa shape index (κ3) is 3.76. The quantitative estimate of drug-likeness (QED) is 0.862. The van der Waals surface area contributed by atoms with Gasteiger partial charge >= 0.3 is 0 Å². The minimum Gasteiger partial charge on any atom is -0.337 e. The van der Waals surface area contributed by atoms with E-state index in [9.17, 15) is 4.79 Å². The molecular formula is C20H28N4O. The van der Waals surface area contributed by atoms with Crippen LogP contribution in [0, 0.1) is 6.92 Å². The monoisotopic (exact) mass is 340 g/mol. The summed E-state index contributed by atoms with van der Waals surface area (Å²) in [5.41, 5.74) is 3.95. The van der Waals surface area contributed by atoms with Crippen molar-refractivity contribution in [3.63, 3.8) is 0 Å². The lowest BCUT2D eigenvalue weighted by molar-refractivity contribution is 0.0761. The predicted molar refractivity (Wildman–Crippen MR) is 100 cm³/mol. The van der Waals surface area contributed by atoms with Crippen LogP contribution in [0.5, 0.6) is 0 Å². The van der Waals surface area contributed by atoms with Gasteiger partial charge in [0.05, 0.1) is 23.1 Å². The number of aromatic nitrogens is 2. The van der Waals surface area contributed by atoms with Gasteiger partial charge in [0.1, 0.15) is 0 Å². The maximum Gasteiger partial charge on any atom is 0.257 e. The first-order valence-corrected chi connectivity index (χ1v) is 9.10. The van der Waals surface area contributed by atoms with Gasteiger partial charge in [-0.1, -0.05) is 31.5 Å². The van der Waals surface area contributed by atoms with Crippen molar-refractivity contribution in [3.05, 3.63) is 47.3 Å². The van der Waals surface area contributed by atoms with Gasteiger partial charge in [0, 0.05) is 19.6 Å². The summed E-state index contributed by atoms with van der Waals surface area (Å²) in [6.45, 7) is 9.88. The Kier molecular flexibility index (Phi) is 5.23. The van der Waals surface area contributed by atoms with Crippen LogP contribution in [0.15, 0.2) is 30.5 Å². The van der Waals surface area contributed by atoms with E-state index in [1.54, 1.807) is 6.20 Å². The summed E-state index contributed by atoms with van der Waals surface area (Å²) in [6, 6.07) is 8.27. The van der Waals surface area contributed by atoms with Crippen LogP contribution in [-0.4, -0.2) is 58.7 Å². The lowest BCUT2D eigenvalue weighted by Gasteiger charge is -2.21. The summed E-state index contributed by atoms with van der Waals surface area (Å²) in [4.78, 5) is 17.4. The van der Waals surface area contributed by atoms with E-state index in [1.165, 1.54) is 5.56 Å². The molecule has 0 unspecified atom stereocenters. The van der Waals surface area contributed by atoms with Crippen LogP contribution >= 0.6 is 0 Å². The second-order valence-electron chi connectivity index (χ2n) is 7.29. The fourth-order valence-electron chi connectivity index (χ4n) is 3.39. The zero-order chi connectivity index (χ0) is 18.0. The van der Waals surface area contributed by atoms with Crippen molar-refractivity contribution in [2.45, 2.75) is 33.1 Å². The molecule has 3 rings (SSSR count). The van der Waals surface area contributed by atoms with Gasteiger partial charge in [-0.2, -0.15) is 5.10 Å². The molecule has 2 aromatic rings. The molecule has 134 valence electrons. The predicted octanol–water partition coefficient (Wildman–Crippen LogP) is 3.08. The molecular weight excluding hydrogens is 312 g/mol. The molecule has 2 heterocycles. The van der Waals surface area contributed by atoms with Crippen LogP contribution in [0.25, 0.3) is 5.69 Å². The van der Waals surface area contributed by atoms with Crippen molar-refractivity contribution in [2.24, 2.45) is 0 Å². The SMILES string of the molecule is Cc1ccc(-n2ncc(C(=O)N3CCCN(C)CC3)c2C(C)C)cc1. The molecule has 1 aromatic heterocycles. The Hall–Kier alpha value is -2.14. The second-order valence-corrected chi connectivity index (χ2v) is 7.29. The topological polar surface area (TPSA) is 41.4 Å². The van der Waals surface area contributed by atoms with Crippen molar-refractivity contribution in [1.29, 1.82) is 0 Å². The average molecular weight is 340 g/mol. The van der Waals surface area contributed by atoms with Crippen LogP contribution < -0.4 is 0 Å². The average Bonchev–Trinajstić information content (AvgIpc) is 2.92. The highest BCUT2D eigenvalue weighted by atomic mass is 16.2. The first-order chi connectivity index (χ1) is 12.0. The van der Waals surface area contributed by atoms with E-state index in [4.69, 9.17) is 0 Å². The summed E-state index contributed by atoms with van der Waals surface area (Å²) in [6.07, 6.45) is 2.76. The summed E-state index contributed by atoms with van der Waals surface area (Å²) < 4.78 is 1.92. The Bertz CT molecular complexity index is 733. The molecule has 5 heteroatoms. The van der Waals surface area contributed by atoms with Gasteiger partial charge in [0.25, 0.3) is 5.91 Å². The Labute approximate surface area is 150 Å². The fraction of sp³-hybridized carbons (Fsp3) is 0.500. The molecule has 0 bridgehead atoms. The summed E-state index contributed by atoms with van der Waals surface area (Å²) in [7, 11) is 2.11. The van der Waals surface area contributed by atoms with Gasteiger partial charge in [0.2, 0.25) is 0 Å². The number of benzene rings is 1. The van der Waals surface area contributed by atoms with Crippen molar-refractivity contribution < 1.29 is 4.79 Å². The number of hydrogen-bond acceptors (Lipinski definition) is 3. The Morgan fingerprint density at radius 1 is 1.08 bits per heavy atom. The number of aryl methyl sites for hydroxylation is 1. The largest absolute Gasteiger partial charge is 0.337 e. The fourth-order valence-corrected chi connectivity index (χ4v) is 3.39. The number of hydrogen-bond donors (Lipinski definition) is 0. The first kappa shape index (κ1) is 17.7. The van der Waals surface area contributed by atoms with E-state index in [-0.39, 0.29) is 11.8 Å². The number of carbonyl (C=O) groups is 1. The standard InChI is InChI=1S/C20H28N4O/c1-15(2)19-18(20(25)23-11-5-10-22(4)12-13-23)14-21-24(19)17-8-6-16(3)7-9-17/h6-9,14-15H,5,10-13H2,1-4H3. The van der Waals surface area contributed by atoms with E-state index in [0.717, 1.165) is 49.5 Å². The van der Waals surface area contributed by atoms with Gasteiger partial charge in [-0.15, -0.1) is 0 Å². The van der Waals surface area contributed by atoms with E-state index >= 15 is 0 Å². The Morgan fingerprint density at radius 3 is 2.48 bits per heavy atom. The second kappa shape index (κ2) is 7.40. The van der Waals surface area contributed by atoms with Crippen molar-refractivity contribution in [1.82, 2.24) is 19.6 Å². The molecule has 0 spiro atoms. The van der Waals surface area contributed by atoms with Crippen LogP contribution in [-0.2, 0) is 0 Å². The molecule has 0 radical (unpaired) electrons. The van der Waals surface area contributed by atoms with Gasteiger partial charge < -0.3 is 9.80 Å². The lowest BCUT2D eigenvalue weighted by atomic mass is 10.0. The van der Waals surface area contributed by atoms with E-state index in [0.29, 0.717) is 0 Å². The minimum atomic E-state index is 0.109. The highest BCUT2D eigenvalue weighted by molar-refractivity contribution is 5.95. The lowest BCUT2D eigenvalue weighted by Crippen LogP contribution is -2.35. The summed E-state index contributed by atoms with van der Waals surface area (Å²) in [5, 5.41) is 4.55.